The molecule has 3 aromatic rings. The van der Waals surface area contributed by atoms with Gasteiger partial charge in [0.1, 0.15) is 0 Å². The molecule has 0 atom stereocenters. The number of carbonyl (C=O) groups is 1. The fourth-order valence-electron chi connectivity index (χ4n) is 2.83. The molecular formula is C18H17Cl2N5O3. The molecule has 4 rings (SSSR count). The molecule has 0 spiro atoms. The number of furan rings is 1. The van der Waals surface area contributed by atoms with Crippen LogP contribution in [0.1, 0.15) is 18.9 Å². The fourth-order valence-corrected chi connectivity index (χ4v) is 3.12. The van der Waals surface area contributed by atoms with Gasteiger partial charge in [0.05, 0.1) is 22.9 Å². The molecule has 0 aliphatic heterocycles. The molecule has 0 saturated heterocycles. The van der Waals surface area contributed by atoms with Crippen molar-refractivity contribution >= 4 is 34.9 Å². The lowest BCUT2D eigenvalue weighted by atomic mass is 10.3. The van der Waals surface area contributed by atoms with Gasteiger partial charge in [0.15, 0.2) is 5.76 Å². The summed E-state index contributed by atoms with van der Waals surface area (Å²) < 4.78 is 8.40. The van der Waals surface area contributed by atoms with Crippen molar-refractivity contribution < 1.29 is 9.21 Å². The molecular weight excluding hydrogens is 405 g/mol. The number of hydrogen-bond acceptors (Lipinski definition) is 4. The lowest BCUT2D eigenvalue weighted by Crippen LogP contribution is -2.34. The molecule has 1 aromatic carbocycles. The van der Waals surface area contributed by atoms with E-state index in [-0.39, 0.29) is 24.8 Å². The van der Waals surface area contributed by atoms with E-state index in [1.54, 1.807) is 41.2 Å². The second-order valence-corrected chi connectivity index (χ2v) is 7.23. The molecule has 2 amide bonds. The van der Waals surface area contributed by atoms with Crippen LogP contribution in [0.15, 0.2) is 45.8 Å². The summed E-state index contributed by atoms with van der Waals surface area (Å²) in [5, 5.41) is 10.5. The third kappa shape index (κ3) is 3.93. The molecule has 2 heterocycles. The molecule has 1 saturated carbocycles. The Hall–Kier alpha value is -2.71. The van der Waals surface area contributed by atoms with Crippen LogP contribution in [0, 0.1) is 0 Å². The lowest BCUT2D eigenvalue weighted by molar-refractivity contribution is 0.251. The van der Waals surface area contributed by atoms with E-state index < -0.39 is 6.03 Å². The first-order chi connectivity index (χ1) is 13.5. The van der Waals surface area contributed by atoms with E-state index in [1.807, 2.05) is 0 Å². The molecule has 28 heavy (non-hydrogen) atoms. The van der Waals surface area contributed by atoms with Crippen molar-refractivity contribution in [2.24, 2.45) is 0 Å². The highest BCUT2D eigenvalue weighted by Gasteiger charge is 2.31. The predicted octanol–water partition coefficient (Wildman–Crippen LogP) is 3.77. The van der Waals surface area contributed by atoms with Gasteiger partial charge in [0.2, 0.25) is 5.82 Å². The number of anilines is 1. The molecule has 8 nitrogen and oxygen atoms in total. The zero-order valence-electron chi connectivity index (χ0n) is 14.7. The summed E-state index contributed by atoms with van der Waals surface area (Å²) in [6.07, 6.45) is 3.44. The maximum Gasteiger partial charge on any atom is 0.346 e. The molecule has 0 unspecified atom stereocenters. The minimum Gasteiger partial charge on any atom is -0.461 e. The van der Waals surface area contributed by atoms with Crippen molar-refractivity contribution in [3.63, 3.8) is 0 Å². The van der Waals surface area contributed by atoms with Gasteiger partial charge < -0.3 is 15.1 Å². The Morgan fingerprint density at radius 2 is 2.07 bits per heavy atom. The number of aromatic nitrogens is 3. The molecule has 1 aliphatic rings. The Kier molecular flexibility index (Phi) is 5.15. The lowest BCUT2D eigenvalue weighted by Gasteiger charge is -2.08. The highest BCUT2D eigenvalue weighted by molar-refractivity contribution is 6.42. The van der Waals surface area contributed by atoms with Crippen molar-refractivity contribution in [3.8, 4) is 11.6 Å². The van der Waals surface area contributed by atoms with Crippen LogP contribution in [0.3, 0.4) is 0 Å². The first-order valence-electron chi connectivity index (χ1n) is 8.76. The monoisotopic (exact) mass is 421 g/mol. The van der Waals surface area contributed by atoms with Crippen LogP contribution in [0.5, 0.6) is 0 Å². The summed E-state index contributed by atoms with van der Waals surface area (Å²) in [4.78, 5) is 24.7. The zero-order valence-corrected chi connectivity index (χ0v) is 16.2. The van der Waals surface area contributed by atoms with Crippen molar-refractivity contribution in [1.82, 2.24) is 19.7 Å². The van der Waals surface area contributed by atoms with Gasteiger partial charge in [-0.05, 0) is 43.2 Å². The number of nitrogens with one attached hydrogen (secondary N) is 2. The minimum atomic E-state index is -0.417. The first-order valence-corrected chi connectivity index (χ1v) is 9.51. The molecule has 0 bridgehead atoms. The fraction of sp³-hybridized carbons (Fsp3) is 0.278. The molecule has 0 radical (unpaired) electrons. The van der Waals surface area contributed by atoms with E-state index in [2.05, 4.69) is 15.7 Å². The van der Waals surface area contributed by atoms with Gasteiger partial charge in [-0.15, -0.1) is 5.10 Å². The summed E-state index contributed by atoms with van der Waals surface area (Å²) in [5.41, 5.74) is 0.308. The maximum absolute atomic E-state index is 12.7. The number of halogens is 2. The van der Waals surface area contributed by atoms with Crippen LogP contribution in [-0.2, 0) is 6.54 Å². The van der Waals surface area contributed by atoms with Crippen molar-refractivity contribution in [3.05, 3.63) is 57.1 Å². The normalized spacial score (nSPS) is 13.5. The zero-order chi connectivity index (χ0) is 19.7. The molecule has 1 aliphatic carbocycles. The van der Waals surface area contributed by atoms with E-state index >= 15 is 0 Å². The highest BCUT2D eigenvalue weighted by Crippen LogP contribution is 2.36. The number of urea groups is 1. The van der Waals surface area contributed by atoms with E-state index in [0.29, 0.717) is 27.3 Å². The van der Waals surface area contributed by atoms with Crippen LogP contribution in [-0.4, -0.2) is 26.9 Å². The summed E-state index contributed by atoms with van der Waals surface area (Å²) in [6.45, 7) is 0.466. The molecule has 146 valence electrons. The Morgan fingerprint density at radius 1 is 1.25 bits per heavy atom. The number of nitrogens with zero attached hydrogens (tertiary/aromatic N) is 3. The number of hydrogen-bond donors (Lipinski definition) is 2. The van der Waals surface area contributed by atoms with Crippen LogP contribution in [0.4, 0.5) is 10.5 Å². The smallest absolute Gasteiger partial charge is 0.346 e. The van der Waals surface area contributed by atoms with Gasteiger partial charge >= 0.3 is 11.7 Å². The van der Waals surface area contributed by atoms with Crippen molar-refractivity contribution in [2.45, 2.75) is 25.4 Å². The van der Waals surface area contributed by atoms with Crippen LogP contribution < -0.4 is 16.3 Å². The number of benzene rings is 1. The second kappa shape index (κ2) is 7.73. The van der Waals surface area contributed by atoms with E-state index in [1.165, 1.54) is 4.68 Å². The third-order valence-electron chi connectivity index (χ3n) is 4.31. The third-order valence-corrected chi connectivity index (χ3v) is 5.05. The highest BCUT2D eigenvalue weighted by atomic mass is 35.5. The first kappa shape index (κ1) is 18.6. The summed E-state index contributed by atoms with van der Waals surface area (Å²) >= 11 is 11.8. The molecule has 2 N–H and O–H groups in total. The van der Waals surface area contributed by atoms with Gasteiger partial charge in [0.25, 0.3) is 0 Å². The maximum atomic E-state index is 12.7. The Bertz CT molecular complexity index is 1050. The minimum absolute atomic E-state index is 0.160. The van der Waals surface area contributed by atoms with Crippen molar-refractivity contribution in [1.29, 1.82) is 0 Å². The van der Waals surface area contributed by atoms with Gasteiger partial charge in [-0.2, -0.15) is 0 Å². The standard InChI is InChI=1S/C18H17Cl2N5O3/c19-13-6-3-11(10-14(13)20)22-17(26)21-7-8-24-18(27)25(12-4-5-12)16(23-24)15-2-1-9-28-15/h1-3,6,9-10,12H,4-5,7-8H2,(H2,21,22,26). The average Bonchev–Trinajstić information content (AvgIpc) is 3.23. The van der Waals surface area contributed by atoms with Crippen molar-refractivity contribution in [2.75, 3.05) is 11.9 Å². The summed E-state index contributed by atoms with van der Waals surface area (Å²) in [6, 6.07) is 8.07. The van der Waals surface area contributed by atoms with Gasteiger partial charge in [0, 0.05) is 18.3 Å². The van der Waals surface area contributed by atoms with Crippen LogP contribution in [0.25, 0.3) is 11.6 Å². The van der Waals surface area contributed by atoms with Gasteiger partial charge in [-0.3, -0.25) is 4.57 Å². The van der Waals surface area contributed by atoms with Crippen LogP contribution in [0.2, 0.25) is 10.0 Å². The second-order valence-electron chi connectivity index (χ2n) is 6.42. The molecule has 10 heteroatoms. The number of carbonyl (C=O) groups excluding carboxylic acids is 1. The summed E-state index contributed by atoms with van der Waals surface area (Å²) in [7, 11) is 0. The number of amides is 2. The Morgan fingerprint density at radius 3 is 2.75 bits per heavy atom. The Balaban J connectivity index is 1.40. The van der Waals surface area contributed by atoms with E-state index in [0.717, 1.165) is 12.8 Å². The van der Waals surface area contributed by atoms with Crippen LogP contribution >= 0.6 is 23.2 Å². The number of rotatable bonds is 6. The van der Waals surface area contributed by atoms with E-state index in [4.69, 9.17) is 27.6 Å². The average molecular weight is 422 g/mol. The topological polar surface area (TPSA) is 94.1 Å². The Labute approximate surface area is 170 Å². The largest absolute Gasteiger partial charge is 0.461 e. The molecule has 2 aromatic heterocycles. The van der Waals surface area contributed by atoms with E-state index in [9.17, 15) is 9.59 Å². The predicted molar refractivity (Wildman–Crippen MR) is 106 cm³/mol. The van der Waals surface area contributed by atoms with Gasteiger partial charge in [-0.1, -0.05) is 23.2 Å². The SMILES string of the molecule is O=C(NCCn1nc(-c2ccco2)n(C2CC2)c1=O)Nc1ccc(Cl)c(Cl)c1. The quantitative estimate of drug-likeness (QED) is 0.633. The summed E-state index contributed by atoms with van der Waals surface area (Å²) in [5.74, 6) is 1.06. The van der Waals surface area contributed by atoms with Gasteiger partial charge in [-0.25, -0.2) is 14.3 Å². The molecule has 1 fully saturated rings.